The van der Waals surface area contributed by atoms with Crippen LogP contribution in [-0.4, -0.2) is 63.3 Å². The third-order valence-electron chi connectivity index (χ3n) is 6.30. The standard InChI is InChI=1S/C28H38F2N4O5/c1-4-5-6-7-10-23(33-27(38)20-9-8-11-31-16-20)28(39)34-24(14-19-12-21(29)15-22(30)13-19)26(37)25(36)17(2)32-18(3)35/h8-9,11-13,15-17,23-26,36-37H,4-7,10,14H2,1-3H3,(H,32,35)(H,33,38)(H,34,39)/t17-,23+,24+,25+,26+/m0/s1. The molecule has 2 rings (SSSR count). The lowest BCUT2D eigenvalue weighted by Crippen LogP contribution is -2.58. The van der Waals surface area contributed by atoms with E-state index in [9.17, 15) is 33.4 Å². The van der Waals surface area contributed by atoms with Gasteiger partial charge < -0.3 is 26.2 Å². The number of aromatic nitrogens is 1. The average molecular weight is 549 g/mol. The van der Waals surface area contributed by atoms with Gasteiger partial charge in [0.1, 0.15) is 29.9 Å². The second-order valence-corrected chi connectivity index (χ2v) is 9.68. The van der Waals surface area contributed by atoms with E-state index in [1.807, 2.05) is 6.92 Å². The summed E-state index contributed by atoms with van der Waals surface area (Å²) in [5.41, 5.74) is 0.394. The number of carbonyl (C=O) groups is 3. The van der Waals surface area contributed by atoms with Crippen molar-refractivity contribution in [3.05, 3.63) is 65.5 Å². The molecule has 5 N–H and O–H groups in total. The van der Waals surface area contributed by atoms with E-state index < -0.39 is 59.7 Å². The fourth-order valence-corrected chi connectivity index (χ4v) is 4.25. The van der Waals surface area contributed by atoms with E-state index in [4.69, 9.17) is 0 Å². The Morgan fingerprint density at radius 2 is 1.67 bits per heavy atom. The number of halogens is 2. The Labute approximate surface area is 227 Å². The lowest BCUT2D eigenvalue weighted by molar-refractivity contribution is -0.126. The molecule has 1 aromatic carbocycles. The van der Waals surface area contributed by atoms with Gasteiger partial charge in [-0.3, -0.25) is 19.4 Å². The summed E-state index contributed by atoms with van der Waals surface area (Å²) in [6.07, 6.45) is 3.21. The second kappa shape index (κ2) is 15.8. The van der Waals surface area contributed by atoms with Crippen molar-refractivity contribution in [1.82, 2.24) is 20.9 Å². The normalized spacial score (nSPS) is 14.9. The topological polar surface area (TPSA) is 141 Å². The summed E-state index contributed by atoms with van der Waals surface area (Å²) in [5, 5.41) is 29.5. The van der Waals surface area contributed by atoms with E-state index in [2.05, 4.69) is 20.9 Å². The van der Waals surface area contributed by atoms with Gasteiger partial charge in [0.15, 0.2) is 0 Å². The van der Waals surface area contributed by atoms with Crippen LogP contribution < -0.4 is 16.0 Å². The lowest BCUT2D eigenvalue weighted by atomic mass is 9.94. The van der Waals surface area contributed by atoms with Gasteiger partial charge >= 0.3 is 0 Å². The summed E-state index contributed by atoms with van der Waals surface area (Å²) < 4.78 is 27.7. The van der Waals surface area contributed by atoms with Crippen LogP contribution in [0.1, 0.15) is 68.8 Å². The highest BCUT2D eigenvalue weighted by Gasteiger charge is 2.34. The summed E-state index contributed by atoms with van der Waals surface area (Å²) in [7, 11) is 0. The van der Waals surface area contributed by atoms with Crippen molar-refractivity contribution >= 4 is 17.7 Å². The molecule has 39 heavy (non-hydrogen) atoms. The largest absolute Gasteiger partial charge is 0.388 e. The van der Waals surface area contributed by atoms with Crippen molar-refractivity contribution in [2.24, 2.45) is 0 Å². The number of nitrogens with zero attached hydrogens (tertiary/aromatic N) is 1. The zero-order chi connectivity index (χ0) is 28.9. The molecular weight excluding hydrogens is 510 g/mol. The fraction of sp³-hybridized carbons (Fsp3) is 0.500. The van der Waals surface area contributed by atoms with Crippen LogP contribution in [0.15, 0.2) is 42.7 Å². The Hall–Kier alpha value is -3.44. The predicted octanol–water partition coefficient (Wildman–Crippen LogP) is 2.40. The number of hydrogen-bond donors (Lipinski definition) is 5. The van der Waals surface area contributed by atoms with E-state index in [-0.39, 0.29) is 17.5 Å². The van der Waals surface area contributed by atoms with E-state index in [1.165, 1.54) is 26.2 Å². The second-order valence-electron chi connectivity index (χ2n) is 9.68. The lowest BCUT2D eigenvalue weighted by Gasteiger charge is -2.32. The van der Waals surface area contributed by atoms with Crippen molar-refractivity contribution in [2.45, 2.75) is 89.6 Å². The molecule has 11 heteroatoms. The van der Waals surface area contributed by atoms with Gasteiger partial charge in [0.25, 0.3) is 5.91 Å². The van der Waals surface area contributed by atoms with Gasteiger partial charge in [0.2, 0.25) is 11.8 Å². The molecule has 0 radical (unpaired) electrons. The molecule has 0 aliphatic carbocycles. The maximum absolute atomic E-state index is 13.9. The number of nitrogens with one attached hydrogen (secondary N) is 3. The van der Waals surface area contributed by atoms with Gasteiger partial charge in [0.05, 0.1) is 17.6 Å². The quantitative estimate of drug-likeness (QED) is 0.217. The number of hydrogen-bond acceptors (Lipinski definition) is 6. The van der Waals surface area contributed by atoms with Crippen LogP contribution in [-0.2, 0) is 16.0 Å². The molecule has 214 valence electrons. The Kier molecular flexibility index (Phi) is 12.9. The van der Waals surface area contributed by atoms with Crippen molar-refractivity contribution in [1.29, 1.82) is 0 Å². The molecule has 0 spiro atoms. The number of pyridine rings is 1. The highest BCUT2D eigenvalue weighted by atomic mass is 19.1. The van der Waals surface area contributed by atoms with E-state index in [0.717, 1.165) is 31.4 Å². The smallest absolute Gasteiger partial charge is 0.253 e. The van der Waals surface area contributed by atoms with Gasteiger partial charge in [-0.2, -0.15) is 0 Å². The zero-order valence-corrected chi connectivity index (χ0v) is 22.5. The van der Waals surface area contributed by atoms with E-state index in [1.54, 1.807) is 12.1 Å². The molecule has 0 aliphatic heterocycles. The Bertz CT molecular complexity index is 1070. The minimum atomic E-state index is -1.63. The number of amides is 3. The Morgan fingerprint density at radius 3 is 2.26 bits per heavy atom. The van der Waals surface area contributed by atoms with Crippen LogP contribution in [0.2, 0.25) is 0 Å². The number of unbranched alkanes of at least 4 members (excludes halogenated alkanes) is 3. The molecule has 9 nitrogen and oxygen atoms in total. The molecule has 0 bridgehead atoms. The number of aliphatic hydroxyl groups is 2. The molecule has 3 amide bonds. The third kappa shape index (κ3) is 10.7. The minimum Gasteiger partial charge on any atom is -0.388 e. The molecule has 0 aliphatic rings. The van der Waals surface area contributed by atoms with Crippen molar-refractivity contribution < 1.29 is 33.4 Å². The van der Waals surface area contributed by atoms with Crippen LogP contribution in [0.3, 0.4) is 0 Å². The maximum atomic E-state index is 13.9. The Balaban J connectivity index is 2.29. The van der Waals surface area contributed by atoms with Gasteiger partial charge in [-0.25, -0.2) is 8.78 Å². The summed E-state index contributed by atoms with van der Waals surface area (Å²) in [6.45, 7) is 4.77. The molecule has 0 fully saturated rings. The third-order valence-corrected chi connectivity index (χ3v) is 6.30. The predicted molar refractivity (Wildman–Crippen MR) is 142 cm³/mol. The molecule has 2 aromatic rings. The minimum absolute atomic E-state index is 0.134. The SMILES string of the molecule is CCCCCC[C@@H](NC(=O)c1cccnc1)C(=O)N[C@H](Cc1cc(F)cc(F)c1)[C@@H](O)[C@H](O)[C@H](C)NC(C)=O. The first-order valence-electron chi connectivity index (χ1n) is 13.1. The average Bonchev–Trinajstić information content (AvgIpc) is 2.88. The number of carbonyl (C=O) groups excluding carboxylic acids is 3. The molecule has 1 aromatic heterocycles. The summed E-state index contributed by atoms with van der Waals surface area (Å²) in [4.78, 5) is 41.6. The first-order chi connectivity index (χ1) is 18.5. The van der Waals surface area contributed by atoms with Gasteiger partial charge in [-0.05, 0) is 49.6 Å². The first-order valence-corrected chi connectivity index (χ1v) is 13.1. The van der Waals surface area contributed by atoms with Gasteiger partial charge in [-0.1, -0.05) is 32.6 Å². The molecular formula is C28H38F2N4O5. The van der Waals surface area contributed by atoms with Crippen molar-refractivity contribution in [3.63, 3.8) is 0 Å². The fourth-order valence-electron chi connectivity index (χ4n) is 4.25. The van der Waals surface area contributed by atoms with Crippen LogP contribution in [0, 0.1) is 11.6 Å². The van der Waals surface area contributed by atoms with Crippen LogP contribution in [0.5, 0.6) is 0 Å². The Morgan fingerprint density at radius 1 is 0.974 bits per heavy atom. The zero-order valence-electron chi connectivity index (χ0n) is 22.5. The number of benzene rings is 1. The highest BCUT2D eigenvalue weighted by molar-refractivity contribution is 5.97. The summed E-state index contributed by atoms with van der Waals surface area (Å²) in [6, 6.07) is 2.87. The number of aliphatic hydroxyl groups excluding tert-OH is 2. The van der Waals surface area contributed by atoms with Crippen molar-refractivity contribution in [3.8, 4) is 0 Å². The van der Waals surface area contributed by atoms with E-state index >= 15 is 0 Å². The summed E-state index contributed by atoms with van der Waals surface area (Å²) in [5.74, 6) is -3.26. The van der Waals surface area contributed by atoms with Crippen LogP contribution in [0.4, 0.5) is 8.78 Å². The molecule has 1 heterocycles. The molecule has 5 atom stereocenters. The highest BCUT2D eigenvalue weighted by Crippen LogP contribution is 2.16. The van der Waals surface area contributed by atoms with Crippen molar-refractivity contribution in [2.75, 3.05) is 0 Å². The number of rotatable bonds is 15. The van der Waals surface area contributed by atoms with E-state index in [0.29, 0.717) is 18.9 Å². The molecule has 0 unspecified atom stereocenters. The van der Waals surface area contributed by atoms with Gasteiger partial charge in [0, 0.05) is 25.4 Å². The molecule has 0 saturated heterocycles. The maximum Gasteiger partial charge on any atom is 0.253 e. The van der Waals surface area contributed by atoms with Gasteiger partial charge in [-0.15, -0.1) is 0 Å². The molecule has 0 saturated carbocycles. The summed E-state index contributed by atoms with van der Waals surface area (Å²) >= 11 is 0. The van der Waals surface area contributed by atoms with Crippen LogP contribution in [0.25, 0.3) is 0 Å². The van der Waals surface area contributed by atoms with Crippen LogP contribution >= 0.6 is 0 Å². The monoisotopic (exact) mass is 548 g/mol. The first kappa shape index (κ1) is 31.8.